The zero-order valence-electron chi connectivity index (χ0n) is 18.6. The van der Waals surface area contributed by atoms with Gasteiger partial charge in [0.25, 0.3) is 8.53 Å². The SMILES string of the molecule is BC1CC(OP(OCCC#N)N(C(C)C)C(C)C)CC(/C=C/P(=O)(OC)OC)O1. The summed E-state index contributed by atoms with van der Waals surface area (Å²) in [4.78, 5) is 0. The molecule has 1 fully saturated rings. The van der Waals surface area contributed by atoms with Crippen molar-refractivity contribution < 1.29 is 27.4 Å². The van der Waals surface area contributed by atoms with Gasteiger partial charge in [-0.15, -0.1) is 0 Å². The molecule has 1 aliphatic rings. The molecule has 166 valence electrons. The van der Waals surface area contributed by atoms with Gasteiger partial charge in [0.15, 0.2) is 0 Å². The normalized spacial score (nSPS) is 24.5. The number of hydrogen-bond acceptors (Lipinski definition) is 8. The van der Waals surface area contributed by atoms with Crippen LogP contribution in [-0.2, 0) is 27.4 Å². The molecule has 0 amide bonds. The molecule has 0 aromatic rings. The van der Waals surface area contributed by atoms with Gasteiger partial charge in [-0.1, -0.05) is 0 Å². The average Bonchev–Trinajstić information content (AvgIpc) is 2.65. The fourth-order valence-electron chi connectivity index (χ4n) is 3.16. The van der Waals surface area contributed by atoms with Gasteiger partial charge in [0.1, 0.15) is 7.85 Å². The third-order valence-corrected chi connectivity index (χ3v) is 8.13. The second kappa shape index (κ2) is 13.2. The molecule has 0 aromatic carbocycles. The second-order valence-corrected chi connectivity index (χ2v) is 11.0. The van der Waals surface area contributed by atoms with Crippen LogP contribution in [0.15, 0.2) is 11.9 Å². The first kappa shape index (κ1) is 26.7. The summed E-state index contributed by atoms with van der Waals surface area (Å²) in [6, 6.07) is 2.58. The van der Waals surface area contributed by atoms with Gasteiger partial charge in [0.05, 0.1) is 31.3 Å². The lowest BCUT2D eigenvalue weighted by Crippen LogP contribution is -2.39. The Bertz CT molecular complexity index is 585. The van der Waals surface area contributed by atoms with Gasteiger partial charge < -0.3 is 22.8 Å². The van der Waals surface area contributed by atoms with Crippen molar-refractivity contribution in [2.24, 2.45) is 0 Å². The quantitative estimate of drug-likeness (QED) is 0.253. The Labute approximate surface area is 177 Å². The molecule has 0 radical (unpaired) electrons. The fourth-order valence-corrected chi connectivity index (χ4v) is 5.69. The lowest BCUT2D eigenvalue weighted by Gasteiger charge is -2.40. The van der Waals surface area contributed by atoms with Crippen LogP contribution >= 0.6 is 16.1 Å². The molecule has 1 heterocycles. The number of nitrogens with zero attached hydrogens (tertiary/aromatic N) is 2. The standard InChI is InChI=1S/C18H35BN2O6P2/c1-14(2)21(15(3)4)28(25-10-7-9-20)27-17-12-16(26-18(19)13-17)8-11-29(22,23-5)24-6/h8,11,14-18H,7,10,12-13,19H2,1-6H3/b11-8+. The minimum absolute atomic E-state index is 0.0182. The van der Waals surface area contributed by atoms with Gasteiger partial charge in [-0.2, -0.15) is 5.26 Å². The summed E-state index contributed by atoms with van der Waals surface area (Å²) in [6.07, 6.45) is 3.06. The Morgan fingerprint density at radius 1 is 1.28 bits per heavy atom. The van der Waals surface area contributed by atoms with Crippen molar-refractivity contribution in [1.82, 2.24) is 4.67 Å². The Morgan fingerprint density at radius 3 is 2.41 bits per heavy atom. The highest BCUT2D eigenvalue weighted by molar-refractivity contribution is 7.57. The molecule has 4 unspecified atom stereocenters. The van der Waals surface area contributed by atoms with Gasteiger partial charge >= 0.3 is 7.60 Å². The van der Waals surface area contributed by atoms with Crippen molar-refractivity contribution in [3.63, 3.8) is 0 Å². The van der Waals surface area contributed by atoms with E-state index in [-0.39, 0.29) is 30.3 Å². The number of ether oxygens (including phenoxy) is 1. The summed E-state index contributed by atoms with van der Waals surface area (Å²) < 4.78 is 42.7. The minimum Gasteiger partial charge on any atom is -0.380 e. The van der Waals surface area contributed by atoms with Crippen molar-refractivity contribution in [3.05, 3.63) is 11.9 Å². The molecular weight excluding hydrogens is 413 g/mol. The first-order valence-electron chi connectivity index (χ1n) is 9.96. The first-order valence-corrected chi connectivity index (χ1v) is 12.7. The monoisotopic (exact) mass is 448 g/mol. The minimum atomic E-state index is -3.24. The van der Waals surface area contributed by atoms with E-state index in [1.807, 2.05) is 7.85 Å². The third-order valence-electron chi connectivity index (χ3n) is 4.39. The van der Waals surface area contributed by atoms with E-state index in [1.54, 1.807) is 6.08 Å². The molecule has 0 spiro atoms. The van der Waals surface area contributed by atoms with Crippen LogP contribution in [-0.4, -0.2) is 63.6 Å². The number of nitriles is 1. The fraction of sp³-hybridized carbons (Fsp3) is 0.833. The smallest absolute Gasteiger partial charge is 0.353 e. The van der Waals surface area contributed by atoms with Crippen LogP contribution < -0.4 is 0 Å². The van der Waals surface area contributed by atoms with Crippen LogP contribution in [0.3, 0.4) is 0 Å². The zero-order valence-corrected chi connectivity index (χ0v) is 20.4. The molecule has 0 aliphatic carbocycles. The van der Waals surface area contributed by atoms with Crippen LogP contribution in [0.25, 0.3) is 0 Å². The van der Waals surface area contributed by atoms with E-state index >= 15 is 0 Å². The predicted molar refractivity (Wildman–Crippen MR) is 117 cm³/mol. The maximum Gasteiger partial charge on any atom is 0.353 e. The van der Waals surface area contributed by atoms with Gasteiger partial charge in [-0.3, -0.25) is 4.57 Å². The highest BCUT2D eigenvalue weighted by atomic mass is 31.2. The highest BCUT2D eigenvalue weighted by Crippen LogP contribution is 2.50. The Balaban J connectivity index is 2.89. The number of hydrogen-bond donors (Lipinski definition) is 0. The van der Waals surface area contributed by atoms with Crippen molar-refractivity contribution >= 4 is 24.0 Å². The highest BCUT2D eigenvalue weighted by Gasteiger charge is 2.34. The van der Waals surface area contributed by atoms with Crippen LogP contribution in [0.2, 0.25) is 0 Å². The van der Waals surface area contributed by atoms with Gasteiger partial charge in [0, 0.05) is 44.5 Å². The van der Waals surface area contributed by atoms with E-state index in [0.717, 1.165) is 6.42 Å². The lowest BCUT2D eigenvalue weighted by molar-refractivity contribution is -0.0364. The van der Waals surface area contributed by atoms with Crippen LogP contribution in [0.4, 0.5) is 0 Å². The molecule has 1 aliphatic heterocycles. The second-order valence-electron chi connectivity index (χ2n) is 7.48. The first-order chi connectivity index (χ1) is 13.7. The summed E-state index contributed by atoms with van der Waals surface area (Å²) in [5.41, 5.74) is 0. The van der Waals surface area contributed by atoms with Gasteiger partial charge in [-0.05, 0) is 40.2 Å². The maximum absolute atomic E-state index is 12.3. The van der Waals surface area contributed by atoms with Crippen LogP contribution in [0.1, 0.15) is 47.0 Å². The summed E-state index contributed by atoms with van der Waals surface area (Å²) in [5.74, 6) is 1.44. The average molecular weight is 448 g/mol. The van der Waals surface area contributed by atoms with E-state index in [0.29, 0.717) is 19.4 Å². The zero-order chi connectivity index (χ0) is 22.0. The predicted octanol–water partition coefficient (Wildman–Crippen LogP) is 3.79. The van der Waals surface area contributed by atoms with E-state index in [9.17, 15) is 4.57 Å². The molecule has 29 heavy (non-hydrogen) atoms. The Morgan fingerprint density at radius 2 is 1.90 bits per heavy atom. The van der Waals surface area contributed by atoms with Crippen LogP contribution in [0, 0.1) is 11.3 Å². The van der Waals surface area contributed by atoms with E-state index in [2.05, 4.69) is 38.4 Å². The van der Waals surface area contributed by atoms with E-state index in [1.165, 1.54) is 20.0 Å². The molecule has 1 rings (SSSR count). The summed E-state index contributed by atoms with van der Waals surface area (Å²) in [5, 5.41) is 8.85. The summed E-state index contributed by atoms with van der Waals surface area (Å²) >= 11 is 0. The number of rotatable bonds is 12. The molecule has 8 nitrogen and oxygen atoms in total. The van der Waals surface area contributed by atoms with E-state index < -0.39 is 16.1 Å². The summed E-state index contributed by atoms with van der Waals surface area (Å²) in [6.45, 7) is 8.77. The molecule has 0 aromatic heterocycles. The van der Waals surface area contributed by atoms with Crippen molar-refractivity contribution in [2.75, 3.05) is 20.8 Å². The largest absolute Gasteiger partial charge is 0.380 e. The molecule has 1 saturated heterocycles. The van der Waals surface area contributed by atoms with Crippen molar-refractivity contribution in [1.29, 1.82) is 5.26 Å². The van der Waals surface area contributed by atoms with Gasteiger partial charge in [0.2, 0.25) is 0 Å². The Kier molecular flexibility index (Phi) is 12.2. The van der Waals surface area contributed by atoms with Crippen molar-refractivity contribution in [2.45, 2.75) is 77.3 Å². The molecule has 0 saturated carbocycles. The lowest BCUT2D eigenvalue weighted by atomic mass is 9.89. The third kappa shape index (κ3) is 9.17. The van der Waals surface area contributed by atoms with E-state index in [4.69, 9.17) is 28.1 Å². The van der Waals surface area contributed by atoms with Crippen LogP contribution in [0.5, 0.6) is 0 Å². The Hall–Kier alpha value is -0.285. The molecule has 11 heteroatoms. The molecular formula is C18H35BN2O6P2. The van der Waals surface area contributed by atoms with Gasteiger partial charge in [-0.25, -0.2) is 4.67 Å². The molecule has 4 atom stereocenters. The maximum atomic E-state index is 12.3. The van der Waals surface area contributed by atoms with Crippen molar-refractivity contribution in [3.8, 4) is 6.07 Å². The topological polar surface area (TPSA) is 90.3 Å². The molecule has 0 N–H and O–H groups in total. The molecule has 0 bridgehead atoms. The summed E-state index contributed by atoms with van der Waals surface area (Å²) in [7, 11) is 0.140.